The van der Waals surface area contributed by atoms with Crippen molar-refractivity contribution in [1.82, 2.24) is 4.98 Å². The lowest BCUT2D eigenvalue weighted by molar-refractivity contribution is 0.292. The van der Waals surface area contributed by atoms with Crippen LogP contribution in [-0.2, 0) is 6.61 Å². The molecule has 0 aliphatic carbocycles. The zero-order valence-corrected chi connectivity index (χ0v) is 15.2. The molecule has 0 N–H and O–H groups in total. The second kappa shape index (κ2) is 7.62. The lowest BCUT2D eigenvalue weighted by atomic mass is 10.1. The first-order valence-electron chi connectivity index (χ1n) is 6.98. The molecule has 3 nitrogen and oxygen atoms in total. The van der Waals surface area contributed by atoms with Gasteiger partial charge in [-0.3, -0.25) is 0 Å². The molecule has 0 fully saturated rings. The average Bonchev–Trinajstić information content (AvgIpc) is 2.61. The lowest BCUT2D eigenvalue weighted by Gasteiger charge is -2.10. The molecule has 116 valence electrons. The van der Waals surface area contributed by atoms with Crippen molar-refractivity contribution in [2.24, 2.45) is 0 Å². The summed E-state index contributed by atoms with van der Waals surface area (Å²) in [5.74, 6) is 0.988. The molecule has 0 atom stereocenters. The second-order valence-corrected chi connectivity index (χ2v) is 6.10. The molecule has 0 spiro atoms. The number of rotatable bonds is 5. The van der Waals surface area contributed by atoms with Crippen molar-refractivity contribution < 1.29 is 8.57 Å². The molecule has 0 aliphatic rings. The monoisotopic (exact) mass is 433 g/mol. The van der Waals surface area contributed by atoms with Gasteiger partial charge >= 0.3 is 0 Å². The summed E-state index contributed by atoms with van der Waals surface area (Å²) in [7, 11) is 0. The maximum absolute atomic E-state index is 5.73. The van der Waals surface area contributed by atoms with E-state index in [2.05, 4.69) is 37.2 Å². The first-order valence-corrected chi connectivity index (χ1v) is 8.42. The van der Waals surface area contributed by atoms with Gasteiger partial charge in [0.05, 0.1) is 0 Å². The fraction of sp³-hybridized carbons (Fsp3) is 0.0556. The van der Waals surface area contributed by atoms with Crippen molar-refractivity contribution >= 4 is 32.2 Å². The minimum Gasteiger partial charge on any atom is -0.473 e. The van der Waals surface area contributed by atoms with Crippen LogP contribution in [0.2, 0.25) is 0 Å². The van der Waals surface area contributed by atoms with Gasteiger partial charge in [0.15, 0.2) is 16.3 Å². The van der Waals surface area contributed by atoms with Gasteiger partial charge in [-0.05, 0) is 29.3 Å². The van der Waals surface area contributed by atoms with Gasteiger partial charge < -0.3 is 8.57 Å². The Bertz CT molecular complexity index is 777. The van der Waals surface area contributed by atoms with Crippen LogP contribution in [0.15, 0.2) is 71.2 Å². The number of ether oxygens (including phenoxy) is 1. The van der Waals surface area contributed by atoms with E-state index in [-0.39, 0.29) is 0 Å². The number of halogens is 2. The summed E-state index contributed by atoms with van der Waals surface area (Å²) in [5, 5.41) is 0. The zero-order valence-electron chi connectivity index (χ0n) is 12.1. The highest BCUT2D eigenvalue weighted by molar-refractivity contribution is 9.10. The predicted octanol–water partition coefficient (Wildman–Crippen LogP) is 5.78. The molecule has 0 aliphatic heterocycles. The van der Waals surface area contributed by atoms with Crippen molar-refractivity contribution in [2.75, 3.05) is 0 Å². The minimum absolute atomic E-state index is 0.465. The third-order valence-corrected chi connectivity index (χ3v) is 4.13. The van der Waals surface area contributed by atoms with Gasteiger partial charge in [0, 0.05) is 16.1 Å². The first-order chi connectivity index (χ1) is 11.3. The first kappa shape index (κ1) is 16.0. The van der Waals surface area contributed by atoms with E-state index < -0.39 is 0 Å². The Morgan fingerprint density at radius 2 is 1.61 bits per heavy atom. The van der Waals surface area contributed by atoms with Crippen molar-refractivity contribution in [1.29, 1.82) is 0 Å². The van der Waals surface area contributed by atoms with Crippen molar-refractivity contribution in [2.45, 2.75) is 6.61 Å². The van der Waals surface area contributed by atoms with Gasteiger partial charge in [0.2, 0.25) is 11.8 Å². The largest absolute Gasteiger partial charge is 0.473 e. The van der Waals surface area contributed by atoms with E-state index in [1.165, 1.54) is 0 Å². The van der Waals surface area contributed by atoms with Crippen molar-refractivity contribution in [3.8, 4) is 22.9 Å². The Labute approximate surface area is 151 Å². The van der Waals surface area contributed by atoms with E-state index in [9.17, 15) is 0 Å². The molecule has 0 saturated heterocycles. The Kier molecular flexibility index (Phi) is 5.31. The van der Waals surface area contributed by atoms with Crippen LogP contribution in [0.3, 0.4) is 0 Å². The van der Waals surface area contributed by atoms with Crippen molar-refractivity contribution in [3.05, 3.63) is 76.8 Å². The number of pyridine rings is 1. The summed E-state index contributed by atoms with van der Waals surface area (Å²) < 4.78 is 12.0. The standard InChI is InChI=1S/C18H13Br2NO2/c19-15-8-6-14(7-9-15)16-10-11-17(21-18(16)23-20)22-12-13-4-2-1-3-5-13/h1-11H,12H2. The Balaban J connectivity index is 1.80. The molecule has 0 bridgehead atoms. The predicted molar refractivity (Wildman–Crippen MR) is 97.7 cm³/mol. The molecular weight excluding hydrogens is 422 g/mol. The summed E-state index contributed by atoms with van der Waals surface area (Å²) in [6.07, 6.45) is 0. The van der Waals surface area contributed by atoms with E-state index in [1.54, 1.807) is 0 Å². The van der Waals surface area contributed by atoms with Gasteiger partial charge in [-0.2, -0.15) is 4.98 Å². The Morgan fingerprint density at radius 1 is 0.870 bits per heavy atom. The van der Waals surface area contributed by atoms with Crippen LogP contribution in [0, 0.1) is 0 Å². The second-order valence-electron chi connectivity index (χ2n) is 4.86. The van der Waals surface area contributed by atoms with Gasteiger partial charge in [-0.25, -0.2) is 0 Å². The topological polar surface area (TPSA) is 31.4 Å². The highest BCUT2D eigenvalue weighted by Gasteiger charge is 2.10. The normalized spacial score (nSPS) is 10.3. The smallest absolute Gasteiger partial charge is 0.238 e. The average molecular weight is 435 g/mol. The molecule has 1 heterocycles. The van der Waals surface area contributed by atoms with E-state index in [4.69, 9.17) is 8.57 Å². The molecule has 2 aromatic carbocycles. The molecule has 0 saturated carbocycles. The van der Waals surface area contributed by atoms with Crippen molar-refractivity contribution in [3.63, 3.8) is 0 Å². The SMILES string of the molecule is BrOc1nc(OCc2ccccc2)ccc1-c1ccc(Br)cc1. The zero-order chi connectivity index (χ0) is 16.1. The molecular formula is C18H13Br2NO2. The lowest BCUT2D eigenvalue weighted by Crippen LogP contribution is -1.98. The molecule has 0 radical (unpaired) electrons. The number of nitrogens with zero attached hydrogens (tertiary/aromatic N) is 1. The maximum Gasteiger partial charge on any atom is 0.238 e. The fourth-order valence-corrected chi connectivity index (χ4v) is 2.65. The van der Waals surface area contributed by atoms with Crippen LogP contribution in [0.5, 0.6) is 11.8 Å². The minimum atomic E-state index is 0.465. The van der Waals surface area contributed by atoms with Crippen LogP contribution in [0.25, 0.3) is 11.1 Å². The van der Waals surface area contributed by atoms with Crippen LogP contribution in [0.1, 0.15) is 5.56 Å². The van der Waals surface area contributed by atoms with Crippen LogP contribution in [0.4, 0.5) is 0 Å². The summed E-state index contributed by atoms with van der Waals surface area (Å²) in [5.41, 5.74) is 3.00. The number of aromatic nitrogens is 1. The van der Waals surface area contributed by atoms with E-state index in [1.807, 2.05) is 66.7 Å². The van der Waals surface area contributed by atoms with Crippen LogP contribution in [-0.4, -0.2) is 4.98 Å². The van der Waals surface area contributed by atoms with Crippen LogP contribution < -0.4 is 8.57 Å². The van der Waals surface area contributed by atoms with Gasteiger partial charge in [-0.1, -0.05) is 58.4 Å². The van der Waals surface area contributed by atoms with Gasteiger partial charge in [-0.15, -0.1) is 0 Å². The molecule has 23 heavy (non-hydrogen) atoms. The number of benzene rings is 2. The fourth-order valence-electron chi connectivity index (χ4n) is 2.14. The van der Waals surface area contributed by atoms with Gasteiger partial charge in [0.1, 0.15) is 6.61 Å². The molecule has 0 unspecified atom stereocenters. The van der Waals surface area contributed by atoms with Gasteiger partial charge in [0.25, 0.3) is 0 Å². The third kappa shape index (κ3) is 4.12. The summed E-state index contributed by atoms with van der Waals surface area (Å²) in [4.78, 5) is 4.40. The van der Waals surface area contributed by atoms with Crippen LogP contribution >= 0.6 is 32.2 Å². The molecule has 5 heteroatoms. The quantitative estimate of drug-likeness (QED) is 0.510. The third-order valence-electron chi connectivity index (χ3n) is 3.29. The summed E-state index contributed by atoms with van der Waals surface area (Å²) in [6.45, 7) is 0.465. The summed E-state index contributed by atoms with van der Waals surface area (Å²) in [6, 6.07) is 21.7. The Morgan fingerprint density at radius 3 is 2.30 bits per heavy atom. The molecule has 3 aromatic rings. The van der Waals surface area contributed by atoms with E-state index in [0.29, 0.717) is 18.4 Å². The molecule has 0 amide bonds. The molecule has 1 aromatic heterocycles. The number of hydrogen-bond donors (Lipinski definition) is 0. The van der Waals surface area contributed by atoms with E-state index in [0.717, 1.165) is 21.2 Å². The van der Waals surface area contributed by atoms with E-state index >= 15 is 0 Å². The highest BCUT2D eigenvalue weighted by atomic mass is 79.9. The molecule has 3 rings (SSSR count). The number of hydrogen-bond acceptors (Lipinski definition) is 3. The Hall–Kier alpha value is -1.85. The summed E-state index contributed by atoms with van der Waals surface area (Å²) >= 11 is 6.45. The highest BCUT2D eigenvalue weighted by Crippen LogP contribution is 2.32. The maximum atomic E-state index is 5.73.